The Morgan fingerprint density at radius 2 is 1.10 bits per heavy atom. The molecule has 0 saturated carbocycles. The minimum atomic E-state index is -3.65. The quantitative estimate of drug-likeness (QED) is 0.163. The number of aliphatic hydroxyl groups excluding tert-OH is 2. The number of rotatable bonds is 11. The van der Waals surface area contributed by atoms with Crippen LogP contribution in [0.15, 0.2) is 48.8 Å². The summed E-state index contributed by atoms with van der Waals surface area (Å²) < 4.78 is 58.8. The molecule has 20 heteroatoms. The molecule has 16 nitrogen and oxygen atoms in total. The van der Waals surface area contributed by atoms with Crippen LogP contribution in [0.2, 0.25) is 0 Å². The van der Waals surface area contributed by atoms with Crippen molar-refractivity contribution >= 4 is 85.8 Å². The Morgan fingerprint density at radius 1 is 0.724 bits per heavy atom. The molecular weight excluding hydrogens is 928 g/mol. The third kappa shape index (κ3) is 7.89. The third-order valence-corrected chi connectivity index (χ3v) is 14.7. The Bertz CT molecular complexity index is 2370. The van der Waals surface area contributed by atoms with Crippen LogP contribution in [0, 0.1) is 0 Å². The molecule has 0 spiro atoms. The van der Waals surface area contributed by atoms with Crippen LogP contribution in [0.4, 0.5) is 0 Å². The smallest absolute Gasteiger partial charge is 0.364 e. The first-order valence-corrected chi connectivity index (χ1v) is 23.9. The first-order chi connectivity index (χ1) is 27.1. The van der Waals surface area contributed by atoms with Crippen molar-refractivity contribution < 1.29 is 54.7 Å². The molecule has 58 heavy (non-hydrogen) atoms. The van der Waals surface area contributed by atoms with Gasteiger partial charge in [0, 0.05) is 60.2 Å². The lowest BCUT2D eigenvalue weighted by atomic mass is 9.72. The number of carbonyl (C=O) groups excluding carboxylic acids is 2. The molecule has 2 aromatic heterocycles. The minimum Gasteiger partial charge on any atom is -0.379 e. The summed E-state index contributed by atoms with van der Waals surface area (Å²) in [6, 6.07) is 11.3. The molecule has 4 heterocycles. The van der Waals surface area contributed by atoms with Crippen molar-refractivity contribution in [2.75, 3.05) is 52.9 Å². The highest BCUT2D eigenvalue weighted by atomic mass is 79.9. The van der Waals surface area contributed by atoms with E-state index in [9.17, 15) is 36.6 Å². The molecule has 2 aliphatic heterocycles. The van der Waals surface area contributed by atoms with Gasteiger partial charge in [-0.1, -0.05) is 56.1 Å². The van der Waals surface area contributed by atoms with Crippen LogP contribution in [-0.2, 0) is 51.0 Å². The second-order valence-corrected chi connectivity index (χ2v) is 23.0. The van der Waals surface area contributed by atoms with E-state index in [1.54, 1.807) is 24.5 Å². The van der Waals surface area contributed by atoms with Crippen molar-refractivity contribution in [3.63, 3.8) is 0 Å². The first-order valence-electron chi connectivity index (χ1n) is 18.7. The lowest BCUT2D eigenvalue weighted by Gasteiger charge is -2.49. The minimum absolute atomic E-state index is 0.0123. The highest BCUT2D eigenvalue weighted by Crippen LogP contribution is 2.50. The molecule has 0 bridgehead atoms. The maximum absolute atomic E-state index is 13.3. The number of likely N-dealkylation sites (tertiary alicyclic amines) is 2. The van der Waals surface area contributed by atoms with E-state index in [0.29, 0.717) is 49.8 Å². The maximum atomic E-state index is 13.3. The number of fused-ring (bicyclic) bond motifs is 4. The molecule has 4 unspecified atom stereocenters. The van der Waals surface area contributed by atoms with Gasteiger partial charge in [0.25, 0.3) is 20.2 Å². The van der Waals surface area contributed by atoms with Crippen LogP contribution >= 0.6 is 31.9 Å². The SMILES string of the molecule is CN1CC(Br)(COS(C)(=O)=O)C[C@H]2c3cccc4c3c(cn4OC(=O)C(O)C(O)C(=O)On3cc4c5c(cccc53)[C@@H]3CC(Br)(COS(C)(=O)=O)CN(C)[C@H]3C4)C[C@@H]21. The lowest BCUT2D eigenvalue weighted by molar-refractivity contribution is -0.172. The highest BCUT2D eigenvalue weighted by Gasteiger charge is 2.48. The molecule has 2 aliphatic carbocycles. The van der Waals surface area contributed by atoms with Gasteiger partial charge in [-0.2, -0.15) is 26.3 Å². The van der Waals surface area contributed by atoms with E-state index in [2.05, 4.69) is 41.7 Å². The van der Waals surface area contributed by atoms with Gasteiger partial charge in [0.05, 0.1) is 45.4 Å². The van der Waals surface area contributed by atoms with Gasteiger partial charge in [0.1, 0.15) is 0 Å². The number of piperidine rings is 2. The van der Waals surface area contributed by atoms with Gasteiger partial charge in [0.15, 0.2) is 12.2 Å². The number of hydrogen-bond acceptors (Lipinski definition) is 14. The van der Waals surface area contributed by atoms with E-state index < -0.39 is 53.0 Å². The fourth-order valence-electron chi connectivity index (χ4n) is 9.62. The molecule has 8 rings (SSSR count). The molecule has 2 N–H and O–H groups in total. The van der Waals surface area contributed by atoms with Crippen LogP contribution in [0.3, 0.4) is 0 Å². The van der Waals surface area contributed by atoms with Gasteiger partial charge in [-0.25, -0.2) is 9.59 Å². The second-order valence-electron chi connectivity index (χ2n) is 16.4. The van der Waals surface area contributed by atoms with Crippen LogP contribution in [0.1, 0.15) is 46.9 Å². The average molecular weight is 973 g/mol. The van der Waals surface area contributed by atoms with Crippen LogP contribution in [0.25, 0.3) is 21.8 Å². The molecule has 0 radical (unpaired) electrons. The number of likely N-dealkylation sites (N-methyl/N-ethyl adjacent to an activating group) is 2. The lowest BCUT2D eigenvalue weighted by Crippen LogP contribution is -2.55. The highest BCUT2D eigenvalue weighted by molar-refractivity contribution is 9.10. The van der Waals surface area contributed by atoms with Gasteiger partial charge >= 0.3 is 11.9 Å². The van der Waals surface area contributed by atoms with E-state index >= 15 is 0 Å². The van der Waals surface area contributed by atoms with E-state index in [-0.39, 0.29) is 37.1 Å². The zero-order chi connectivity index (χ0) is 41.7. The number of benzene rings is 2. The Balaban J connectivity index is 0.979. The standard InChI is InChI=1S/C38H44Br2N4O12S2/c1-41-17-37(39,19-53-57(3,49)50)13-25-23-7-5-9-27-31(23)21(11-29(25)41)15-43(27)55-35(47)33(45)34(46)36(48)56-44-16-22-12-30-26(24-8-6-10-28(44)32(22)24)14-38(40,18-42(30)2)20-54-58(4,51)52/h5-10,15-16,25-26,29-30,33-34,45-46H,11-14,17-20H2,1-4H3/t25-,26-,29-,30-,33?,34?,37?,38?/m0/s1. The molecule has 4 aromatic rings. The third-order valence-electron chi connectivity index (χ3n) is 12.0. The van der Waals surface area contributed by atoms with Crippen molar-refractivity contribution in [2.45, 2.75) is 70.5 Å². The van der Waals surface area contributed by atoms with Crippen molar-refractivity contribution in [3.05, 3.63) is 71.0 Å². The van der Waals surface area contributed by atoms with Crippen LogP contribution in [0.5, 0.6) is 0 Å². The molecule has 2 saturated heterocycles. The normalized spacial score (nSPS) is 28.5. The van der Waals surface area contributed by atoms with Crippen molar-refractivity contribution in [1.29, 1.82) is 0 Å². The van der Waals surface area contributed by atoms with Crippen LogP contribution in [-0.4, -0.2) is 144 Å². The van der Waals surface area contributed by atoms with E-state index in [1.165, 1.54) is 9.46 Å². The summed E-state index contributed by atoms with van der Waals surface area (Å²) in [6.45, 7) is 1.01. The summed E-state index contributed by atoms with van der Waals surface area (Å²) in [4.78, 5) is 42.2. The summed E-state index contributed by atoms with van der Waals surface area (Å²) in [6.07, 6.45) is 3.18. The van der Waals surface area contributed by atoms with Gasteiger partial charge < -0.3 is 29.7 Å². The van der Waals surface area contributed by atoms with Gasteiger partial charge in [-0.3, -0.25) is 8.37 Å². The Labute approximate surface area is 352 Å². The summed E-state index contributed by atoms with van der Waals surface area (Å²) in [5.41, 5.74) is 4.86. The fourth-order valence-corrected chi connectivity index (χ4v) is 12.5. The topological polar surface area (TPSA) is 196 Å². The Kier molecular flexibility index (Phi) is 10.7. The number of aliphatic hydroxyl groups is 2. The van der Waals surface area contributed by atoms with E-state index in [0.717, 1.165) is 45.5 Å². The maximum Gasteiger partial charge on any atom is 0.364 e. The number of carbonyl (C=O) groups is 2. The van der Waals surface area contributed by atoms with E-state index in [1.807, 2.05) is 38.4 Å². The fraction of sp³-hybridized carbons (Fsp3) is 0.526. The summed E-state index contributed by atoms with van der Waals surface area (Å²) in [7, 11) is -3.36. The van der Waals surface area contributed by atoms with Gasteiger partial charge in [-0.05, 0) is 74.2 Å². The average Bonchev–Trinajstić information content (AvgIpc) is 3.68. The zero-order valence-corrected chi connectivity index (χ0v) is 36.9. The zero-order valence-electron chi connectivity index (χ0n) is 32.1. The molecular formula is C38H44Br2N4O12S2. The summed E-state index contributed by atoms with van der Waals surface area (Å²) in [5, 5.41) is 23.6. The molecule has 4 aliphatic rings. The Morgan fingerprint density at radius 3 is 1.47 bits per heavy atom. The molecule has 2 fully saturated rings. The van der Waals surface area contributed by atoms with Crippen molar-refractivity contribution in [3.8, 4) is 0 Å². The first kappa shape index (κ1) is 41.8. The number of alkyl halides is 2. The Hall–Kier alpha value is -2.92. The molecule has 314 valence electrons. The summed E-state index contributed by atoms with van der Waals surface area (Å²) in [5.74, 6) is -2.57. The van der Waals surface area contributed by atoms with Crippen LogP contribution < -0.4 is 9.68 Å². The number of aromatic nitrogens is 2. The number of nitrogens with zero attached hydrogens (tertiary/aromatic N) is 4. The van der Waals surface area contributed by atoms with Crippen molar-refractivity contribution in [2.24, 2.45) is 0 Å². The van der Waals surface area contributed by atoms with Crippen molar-refractivity contribution in [1.82, 2.24) is 19.3 Å². The monoisotopic (exact) mass is 970 g/mol. The number of halogens is 2. The molecule has 0 amide bonds. The van der Waals surface area contributed by atoms with Gasteiger partial charge in [0.2, 0.25) is 0 Å². The second kappa shape index (κ2) is 14.9. The largest absolute Gasteiger partial charge is 0.379 e. The number of hydrogen-bond donors (Lipinski definition) is 2. The predicted octanol–water partition coefficient (Wildman–Crippen LogP) is 1.84. The van der Waals surface area contributed by atoms with Gasteiger partial charge in [-0.15, -0.1) is 0 Å². The molecule has 2 aromatic carbocycles. The summed E-state index contributed by atoms with van der Waals surface area (Å²) >= 11 is 7.54. The van der Waals surface area contributed by atoms with E-state index in [4.69, 9.17) is 18.0 Å². The predicted molar refractivity (Wildman–Crippen MR) is 219 cm³/mol. The molecule has 8 atom stereocenters.